The number of morpholine rings is 1. The van der Waals surface area contributed by atoms with E-state index in [4.69, 9.17) is 9.47 Å². The third kappa shape index (κ3) is 4.06. The molecule has 4 rings (SSSR count). The molecule has 0 N–H and O–H groups in total. The van der Waals surface area contributed by atoms with Crippen molar-refractivity contribution in [1.82, 2.24) is 14.7 Å². The molecule has 2 aromatic rings. The van der Waals surface area contributed by atoms with Crippen molar-refractivity contribution in [3.63, 3.8) is 0 Å². The lowest BCUT2D eigenvalue weighted by atomic mass is 9.99. The van der Waals surface area contributed by atoms with Gasteiger partial charge in [0.15, 0.2) is 5.75 Å². The van der Waals surface area contributed by atoms with Crippen molar-refractivity contribution < 1.29 is 14.4 Å². The molecule has 2 fully saturated rings. The van der Waals surface area contributed by atoms with Crippen LogP contribution in [0.4, 0.5) is 11.4 Å². The fourth-order valence-corrected chi connectivity index (χ4v) is 4.33. The molecule has 2 saturated heterocycles. The molecule has 0 bridgehead atoms. The van der Waals surface area contributed by atoms with Gasteiger partial charge in [-0.1, -0.05) is 0 Å². The summed E-state index contributed by atoms with van der Waals surface area (Å²) in [5.74, 6) is 0.285. The second-order valence-electron chi connectivity index (χ2n) is 7.57. The minimum Gasteiger partial charge on any atom is -0.490 e. The first-order chi connectivity index (χ1) is 14.1. The van der Waals surface area contributed by atoms with E-state index in [1.165, 1.54) is 7.11 Å². The monoisotopic (exact) mass is 401 g/mol. The van der Waals surface area contributed by atoms with Crippen molar-refractivity contribution in [1.29, 1.82) is 0 Å². The van der Waals surface area contributed by atoms with Crippen LogP contribution in [-0.4, -0.2) is 72.1 Å². The van der Waals surface area contributed by atoms with Gasteiger partial charge in [-0.15, -0.1) is 0 Å². The average Bonchev–Trinajstić information content (AvgIpc) is 3.19. The summed E-state index contributed by atoms with van der Waals surface area (Å²) in [5, 5.41) is 15.8. The van der Waals surface area contributed by atoms with Crippen LogP contribution in [0.5, 0.6) is 5.75 Å². The van der Waals surface area contributed by atoms with E-state index in [0.717, 1.165) is 69.0 Å². The second kappa shape index (κ2) is 8.38. The highest BCUT2D eigenvalue weighted by atomic mass is 16.6. The van der Waals surface area contributed by atoms with Crippen LogP contribution in [0.15, 0.2) is 24.5 Å². The molecule has 29 heavy (non-hydrogen) atoms. The molecule has 0 atom stereocenters. The molecule has 9 nitrogen and oxygen atoms in total. The summed E-state index contributed by atoms with van der Waals surface area (Å²) in [5.41, 5.74) is 2.61. The molecule has 0 amide bonds. The van der Waals surface area contributed by atoms with Gasteiger partial charge in [0.2, 0.25) is 0 Å². The summed E-state index contributed by atoms with van der Waals surface area (Å²) in [4.78, 5) is 16.0. The molecule has 3 heterocycles. The molecule has 0 aliphatic carbocycles. The van der Waals surface area contributed by atoms with Crippen molar-refractivity contribution >= 4 is 11.4 Å². The van der Waals surface area contributed by atoms with Crippen LogP contribution >= 0.6 is 0 Å². The van der Waals surface area contributed by atoms with Gasteiger partial charge >= 0.3 is 5.69 Å². The third-order valence-electron chi connectivity index (χ3n) is 5.88. The number of nitro groups is 1. The van der Waals surface area contributed by atoms with E-state index in [0.29, 0.717) is 6.04 Å². The molecule has 156 valence electrons. The lowest BCUT2D eigenvalue weighted by Crippen LogP contribution is -2.49. The van der Waals surface area contributed by atoms with Crippen molar-refractivity contribution in [3.05, 3.63) is 34.6 Å². The zero-order chi connectivity index (χ0) is 20.4. The maximum absolute atomic E-state index is 11.6. The summed E-state index contributed by atoms with van der Waals surface area (Å²) < 4.78 is 12.5. The van der Waals surface area contributed by atoms with E-state index in [-0.39, 0.29) is 11.4 Å². The van der Waals surface area contributed by atoms with Crippen molar-refractivity contribution in [2.45, 2.75) is 18.9 Å². The molecule has 9 heteroatoms. The maximum Gasteiger partial charge on any atom is 0.311 e. The summed E-state index contributed by atoms with van der Waals surface area (Å²) in [6.07, 6.45) is 5.75. The van der Waals surface area contributed by atoms with Gasteiger partial charge in [0.25, 0.3) is 0 Å². The van der Waals surface area contributed by atoms with Crippen molar-refractivity contribution in [2.24, 2.45) is 7.05 Å². The smallest absolute Gasteiger partial charge is 0.311 e. The van der Waals surface area contributed by atoms with Gasteiger partial charge in [0.1, 0.15) is 0 Å². The Hall–Kier alpha value is -2.65. The number of ether oxygens (including phenoxy) is 2. The van der Waals surface area contributed by atoms with Gasteiger partial charge in [-0.25, -0.2) is 0 Å². The Morgan fingerprint density at radius 1 is 1.21 bits per heavy atom. The Balaban J connectivity index is 1.63. The first-order valence-corrected chi connectivity index (χ1v) is 9.99. The quantitative estimate of drug-likeness (QED) is 0.561. The number of aromatic nitrogens is 2. The number of benzene rings is 1. The number of anilines is 1. The summed E-state index contributed by atoms with van der Waals surface area (Å²) in [6.45, 7) is 5.41. The topological polar surface area (TPSA) is 85.9 Å². The Morgan fingerprint density at radius 3 is 2.52 bits per heavy atom. The standard InChI is InChI=1S/C20H27N5O4/c1-22-14-15(13-21-22)17-11-19(25(26)27)20(28-2)12-18(17)24-5-3-16(4-6-24)23-7-9-29-10-8-23/h11-14,16H,3-10H2,1-2H3. The first-order valence-electron chi connectivity index (χ1n) is 9.99. The number of hydrogen-bond acceptors (Lipinski definition) is 7. The fraction of sp³-hybridized carbons (Fsp3) is 0.550. The van der Waals surface area contributed by atoms with Gasteiger partial charge in [-0.05, 0) is 12.8 Å². The van der Waals surface area contributed by atoms with Crippen LogP contribution in [0.3, 0.4) is 0 Å². The van der Waals surface area contributed by atoms with E-state index in [1.54, 1.807) is 23.0 Å². The number of piperidine rings is 1. The summed E-state index contributed by atoms with van der Waals surface area (Å²) >= 11 is 0. The zero-order valence-corrected chi connectivity index (χ0v) is 16.9. The molecule has 0 radical (unpaired) electrons. The highest BCUT2D eigenvalue weighted by Gasteiger charge is 2.29. The Labute approximate surface area is 169 Å². The Kier molecular flexibility index (Phi) is 5.68. The molecular formula is C20H27N5O4. The molecule has 0 unspecified atom stereocenters. The van der Waals surface area contributed by atoms with Gasteiger partial charge in [0, 0.05) is 74.4 Å². The molecule has 0 saturated carbocycles. The molecular weight excluding hydrogens is 374 g/mol. The summed E-state index contributed by atoms with van der Waals surface area (Å²) in [6, 6.07) is 3.98. The van der Waals surface area contributed by atoms with Crippen LogP contribution in [0, 0.1) is 10.1 Å². The van der Waals surface area contributed by atoms with Crippen molar-refractivity contribution in [2.75, 3.05) is 51.4 Å². The Morgan fingerprint density at radius 2 is 1.93 bits per heavy atom. The maximum atomic E-state index is 11.6. The van der Waals surface area contributed by atoms with Crippen LogP contribution in [-0.2, 0) is 11.8 Å². The molecule has 1 aromatic carbocycles. The van der Waals surface area contributed by atoms with E-state index < -0.39 is 4.92 Å². The van der Waals surface area contributed by atoms with Gasteiger partial charge in [-0.2, -0.15) is 5.10 Å². The fourth-order valence-electron chi connectivity index (χ4n) is 4.33. The van der Waals surface area contributed by atoms with Gasteiger partial charge in [0.05, 0.1) is 31.4 Å². The van der Waals surface area contributed by atoms with Gasteiger partial charge < -0.3 is 14.4 Å². The molecule has 2 aliphatic rings. The van der Waals surface area contributed by atoms with E-state index in [2.05, 4.69) is 14.9 Å². The number of nitro benzene ring substituents is 1. The highest BCUT2D eigenvalue weighted by Crippen LogP contribution is 2.41. The van der Waals surface area contributed by atoms with Crippen LogP contribution < -0.4 is 9.64 Å². The predicted octanol–water partition coefficient (Wildman–Crippen LogP) is 2.30. The van der Waals surface area contributed by atoms with E-state index in [9.17, 15) is 10.1 Å². The average molecular weight is 401 g/mol. The highest BCUT2D eigenvalue weighted by molar-refractivity contribution is 5.82. The first kappa shape index (κ1) is 19.7. The lowest BCUT2D eigenvalue weighted by Gasteiger charge is -2.41. The SMILES string of the molecule is COc1cc(N2CCC(N3CCOCC3)CC2)c(-c2cnn(C)c2)cc1[N+](=O)[O-]. The van der Waals surface area contributed by atoms with Crippen LogP contribution in [0.2, 0.25) is 0 Å². The normalized spacial score (nSPS) is 18.8. The number of nitrogens with zero attached hydrogens (tertiary/aromatic N) is 5. The number of aryl methyl sites for hydroxylation is 1. The number of rotatable bonds is 5. The van der Waals surface area contributed by atoms with Crippen LogP contribution in [0.25, 0.3) is 11.1 Å². The predicted molar refractivity (Wildman–Crippen MR) is 109 cm³/mol. The summed E-state index contributed by atoms with van der Waals surface area (Å²) in [7, 11) is 3.31. The van der Waals surface area contributed by atoms with Crippen LogP contribution in [0.1, 0.15) is 12.8 Å². The number of hydrogen-bond donors (Lipinski definition) is 0. The second-order valence-corrected chi connectivity index (χ2v) is 7.57. The largest absolute Gasteiger partial charge is 0.490 e. The Bertz CT molecular complexity index is 870. The van der Waals surface area contributed by atoms with Gasteiger partial charge in [-0.3, -0.25) is 19.7 Å². The number of methoxy groups -OCH3 is 1. The zero-order valence-electron chi connectivity index (χ0n) is 16.9. The minimum absolute atomic E-state index is 0.0293. The van der Waals surface area contributed by atoms with Crippen molar-refractivity contribution in [3.8, 4) is 16.9 Å². The lowest BCUT2D eigenvalue weighted by molar-refractivity contribution is -0.385. The van der Waals surface area contributed by atoms with E-state index in [1.807, 2.05) is 13.2 Å². The molecule has 2 aliphatic heterocycles. The molecule has 0 spiro atoms. The third-order valence-corrected chi connectivity index (χ3v) is 5.88. The van der Waals surface area contributed by atoms with E-state index >= 15 is 0 Å². The molecule has 1 aromatic heterocycles. The minimum atomic E-state index is -0.396.